The van der Waals surface area contributed by atoms with E-state index in [1.165, 1.54) is 0 Å². The predicted molar refractivity (Wildman–Crippen MR) is 72.9 cm³/mol. The summed E-state index contributed by atoms with van der Waals surface area (Å²) in [5.41, 5.74) is 8.52. The van der Waals surface area contributed by atoms with Crippen molar-refractivity contribution in [2.24, 2.45) is 11.8 Å². The number of amides is 1. The number of carbonyl (C=O) groups is 1. The number of hydrogen-bond acceptors (Lipinski definition) is 2. The molecule has 1 aromatic rings. The molecule has 0 radical (unpaired) electrons. The van der Waals surface area contributed by atoms with Crippen molar-refractivity contribution < 1.29 is 4.79 Å². The molecule has 0 aliphatic carbocycles. The lowest BCUT2D eigenvalue weighted by atomic mass is 9.97. The zero-order chi connectivity index (χ0) is 13.0. The van der Waals surface area contributed by atoms with Crippen LogP contribution in [-0.4, -0.2) is 5.91 Å². The fourth-order valence-corrected chi connectivity index (χ4v) is 1.55. The third-order valence-corrected chi connectivity index (χ3v) is 3.21. The highest BCUT2D eigenvalue weighted by Gasteiger charge is 2.16. The number of aryl methyl sites for hydroxylation is 1. The summed E-state index contributed by atoms with van der Waals surface area (Å²) in [6.07, 6.45) is 0.905. The van der Waals surface area contributed by atoms with Crippen molar-refractivity contribution in [3.63, 3.8) is 0 Å². The molecule has 3 heteroatoms. The summed E-state index contributed by atoms with van der Waals surface area (Å²) in [5, 5.41) is 2.90. The number of nitrogens with two attached hydrogens (primary N) is 1. The summed E-state index contributed by atoms with van der Waals surface area (Å²) in [4.78, 5) is 11.9. The molecule has 1 amide bonds. The molecule has 17 heavy (non-hydrogen) atoms. The van der Waals surface area contributed by atoms with Crippen LogP contribution in [0.5, 0.6) is 0 Å². The van der Waals surface area contributed by atoms with Crippen LogP contribution < -0.4 is 11.1 Å². The minimum atomic E-state index is 0.00192. The van der Waals surface area contributed by atoms with Gasteiger partial charge in [0.05, 0.1) is 0 Å². The second-order valence-electron chi connectivity index (χ2n) is 4.79. The Labute approximate surface area is 103 Å². The SMILES string of the molecule is CCc1ccc(NC(=O)C(C)C(C)C)cc1N. The van der Waals surface area contributed by atoms with E-state index in [1.807, 2.05) is 39.0 Å². The lowest BCUT2D eigenvalue weighted by molar-refractivity contribution is -0.120. The molecule has 94 valence electrons. The Kier molecular flexibility index (Phi) is 4.55. The van der Waals surface area contributed by atoms with Gasteiger partial charge in [0.2, 0.25) is 5.91 Å². The third kappa shape index (κ3) is 3.48. The molecule has 1 atom stereocenters. The smallest absolute Gasteiger partial charge is 0.227 e. The maximum absolute atomic E-state index is 11.9. The molecule has 3 nitrogen and oxygen atoms in total. The predicted octanol–water partition coefficient (Wildman–Crippen LogP) is 3.06. The highest BCUT2D eigenvalue weighted by atomic mass is 16.1. The van der Waals surface area contributed by atoms with Gasteiger partial charge in [-0.1, -0.05) is 33.8 Å². The van der Waals surface area contributed by atoms with Crippen LogP contribution >= 0.6 is 0 Å². The first-order valence-electron chi connectivity index (χ1n) is 6.15. The highest BCUT2D eigenvalue weighted by Crippen LogP contribution is 2.20. The van der Waals surface area contributed by atoms with Crippen molar-refractivity contribution in [1.82, 2.24) is 0 Å². The molecule has 1 aromatic carbocycles. The van der Waals surface area contributed by atoms with Crippen LogP contribution in [0.1, 0.15) is 33.3 Å². The zero-order valence-corrected chi connectivity index (χ0v) is 11.1. The molecule has 0 saturated heterocycles. The van der Waals surface area contributed by atoms with E-state index in [-0.39, 0.29) is 11.8 Å². The molecule has 1 unspecified atom stereocenters. The number of benzene rings is 1. The average molecular weight is 234 g/mol. The first-order chi connectivity index (χ1) is 7.95. The number of anilines is 2. The van der Waals surface area contributed by atoms with E-state index in [4.69, 9.17) is 5.73 Å². The molecule has 0 saturated carbocycles. The van der Waals surface area contributed by atoms with Crippen molar-refractivity contribution in [3.8, 4) is 0 Å². The van der Waals surface area contributed by atoms with Crippen LogP contribution in [0.2, 0.25) is 0 Å². The van der Waals surface area contributed by atoms with E-state index in [0.717, 1.165) is 23.4 Å². The van der Waals surface area contributed by atoms with Crippen LogP contribution in [0.25, 0.3) is 0 Å². The summed E-state index contributed by atoms with van der Waals surface area (Å²) < 4.78 is 0. The topological polar surface area (TPSA) is 55.1 Å². The molecule has 1 rings (SSSR count). The minimum Gasteiger partial charge on any atom is -0.398 e. The van der Waals surface area contributed by atoms with Crippen molar-refractivity contribution in [2.75, 3.05) is 11.1 Å². The Morgan fingerprint density at radius 2 is 2.00 bits per heavy atom. The van der Waals surface area contributed by atoms with Crippen molar-refractivity contribution in [2.45, 2.75) is 34.1 Å². The lowest BCUT2D eigenvalue weighted by Gasteiger charge is -2.16. The van der Waals surface area contributed by atoms with E-state index in [1.54, 1.807) is 0 Å². The van der Waals surface area contributed by atoms with Crippen LogP contribution in [0.3, 0.4) is 0 Å². The monoisotopic (exact) mass is 234 g/mol. The number of nitrogen functional groups attached to an aromatic ring is 1. The molecule has 0 heterocycles. The first kappa shape index (κ1) is 13.6. The van der Waals surface area contributed by atoms with Gasteiger partial charge in [0.1, 0.15) is 0 Å². The quantitative estimate of drug-likeness (QED) is 0.787. The summed E-state index contributed by atoms with van der Waals surface area (Å²) in [7, 11) is 0. The summed E-state index contributed by atoms with van der Waals surface area (Å²) in [6.45, 7) is 8.08. The van der Waals surface area contributed by atoms with E-state index < -0.39 is 0 Å². The van der Waals surface area contributed by atoms with Gasteiger partial charge in [-0.25, -0.2) is 0 Å². The molecule has 0 bridgehead atoms. The fourth-order valence-electron chi connectivity index (χ4n) is 1.55. The van der Waals surface area contributed by atoms with Gasteiger partial charge in [0.15, 0.2) is 0 Å². The molecule has 0 aromatic heterocycles. The second kappa shape index (κ2) is 5.71. The minimum absolute atomic E-state index is 0.00192. The summed E-state index contributed by atoms with van der Waals surface area (Å²) in [5.74, 6) is 0.382. The van der Waals surface area contributed by atoms with Gasteiger partial charge in [-0.2, -0.15) is 0 Å². The van der Waals surface area contributed by atoms with Crippen LogP contribution in [-0.2, 0) is 11.2 Å². The Balaban J connectivity index is 2.76. The van der Waals surface area contributed by atoms with E-state index in [0.29, 0.717) is 5.92 Å². The largest absolute Gasteiger partial charge is 0.398 e. The van der Waals surface area contributed by atoms with Gasteiger partial charge in [-0.3, -0.25) is 4.79 Å². The zero-order valence-electron chi connectivity index (χ0n) is 11.1. The highest BCUT2D eigenvalue weighted by molar-refractivity contribution is 5.93. The Morgan fingerprint density at radius 3 is 2.47 bits per heavy atom. The number of carbonyl (C=O) groups excluding carboxylic acids is 1. The van der Waals surface area contributed by atoms with Gasteiger partial charge in [0.25, 0.3) is 0 Å². The number of hydrogen-bond donors (Lipinski definition) is 2. The fraction of sp³-hybridized carbons (Fsp3) is 0.500. The van der Waals surface area contributed by atoms with Crippen molar-refractivity contribution in [1.29, 1.82) is 0 Å². The number of nitrogens with one attached hydrogen (secondary N) is 1. The van der Waals surface area contributed by atoms with Gasteiger partial charge < -0.3 is 11.1 Å². The molecule has 3 N–H and O–H groups in total. The Morgan fingerprint density at radius 1 is 1.35 bits per heavy atom. The maximum Gasteiger partial charge on any atom is 0.227 e. The molecule has 0 spiro atoms. The van der Waals surface area contributed by atoms with Crippen LogP contribution in [0.15, 0.2) is 18.2 Å². The van der Waals surface area contributed by atoms with Crippen molar-refractivity contribution in [3.05, 3.63) is 23.8 Å². The summed E-state index contributed by atoms with van der Waals surface area (Å²) in [6, 6.07) is 5.69. The molecule has 0 aliphatic heterocycles. The van der Waals surface area contributed by atoms with Crippen LogP contribution in [0, 0.1) is 11.8 Å². The van der Waals surface area contributed by atoms with Gasteiger partial charge >= 0.3 is 0 Å². The van der Waals surface area contributed by atoms with E-state index >= 15 is 0 Å². The maximum atomic E-state index is 11.9. The number of rotatable bonds is 4. The lowest BCUT2D eigenvalue weighted by Crippen LogP contribution is -2.24. The third-order valence-electron chi connectivity index (χ3n) is 3.21. The second-order valence-corrected chi connectivity index (χ2v) is 4.79. The molecule has 0 aliphatic rings. The Bertz CT molecular complexity index is 399. The van der Waals surface area contributed by atoms with Gasteiger partial charge in [0, 0.05) is 17.3 Å². The standard InChI is InChI=1S/C14H22N2O/c1-5-11-6-7-12(8-13(11)15)16-14(17)10(4)9(2)3/h6-10H,5,15H2,1-4H3,(H,16,17). The Hall–Kier alpha value is -1.51. The van der Waals surface area contributed by atoms with E-state index in [2.05, 4.69) is 12.2 Å². The molecular formula is C14H22N2O. The van der Waals surface area contributed by atoms with Crippen molar-refractivity contribution >= 4 is 17.3 Å². The van der Waals surface area contributed by atoms with Gasteiger partial charge in [-0.05, 0) is 30.0 Å². The average Bonchev–Trinajstić information content (AvgIpc) is 2.28. The summed E-state index contributed by atoms with van der Waals surface area (Å²) >= 11 is 0. The normalized spacial score (nSPS) is 12.5. The van der Waals surface area contributed by atoms with E-state index in [9.17, 15) is 4.79 Å². The molecule has 0 fully saturated rings. The van der Waals surface area contributed by atoms with Gasteiger partial charge in [-0.15, -0.1) is 0 Å². The molecular weight excluding hydrogens is 212 g/mol. The van der Waals surface area contributed by atoms with Crippen LogP contribution in [0.4, 0.5) is 11.4 Å². The first-order valence-corrected chi connectivity index (χ1v) is 6.15.